The van der Waals surface area contributed by atoms with Crippen molar-refractivity contribution in [1.29, 1.82) is 0 Å². The van der Waals surface area contributed by atoms with Gasteiger partial charge in [0.2, 0.25) is 5.82 Å². The third-order valence-electron chi connectivity index (χ3n) is 5.45. The van der Waals surface area contributed by atoms with Crippen LogP contribution >= 0.6 is 11.3 Å². The molecule has 1 aromatic carbocycles. The lowest BCUT2D eigenvalue weighted by Crippen LogP contribution is -2.44. The number of aromatic nitrogens is 3. The summed E-state index contributed by atoms with van der Waals surface area (Å²) in [4.78, 5) is 25.1. The van der Waals surface area contributed by atoms with Gasteiger partial charge in [-0.1, -0.05) is 0 Å². The molecule has 35 heavy (non-hydrogen) atoms. The number of carbonyl (C=O) groups excluding carboxylic acids is 1. The number of halogens is 4. The molecule has 1 saturated heterocycles. The summed E-state index contributed by atoms with van der Waals surface area (Å²) >= 11 is 1.44. The topological polar surface area (TPSA) is 89.0 Å². The summed E-state index contributed by atoms with van der Waals surface area (Å²) in [7, 11) is 0. The Hall–Kier alpha value is -3.12. The van der Waals surface area contributed by atoms with Crippen molar-refractivity contribution in [2.75, 3.05) is 13.1 Å². The van der Waals surface area contributed by atoms with Crippen LogP contribution in [-0.4, -0.2) is 46.2 Å². The van der Waals surface area contributed by atoms with Crippen LogP contribution in [0.15, 0.2) is 36.8 Å². The Morgan fingerprint density at radius 3 is 2.57 bits per heavy atom. The van der Waals surface area contributed by atoms with Crippen LogP contribution in [-0.2, 0) is 6.18 Å². The molecule has 3 heterocycles. The minimum absolute atomic E-state index is 0.191. The number of hydrogen-bond acceptors (Lipinski definition) is 7. The highest BCUT2D eigenvalue weighted by molar-refractivity contribution is 7.14. The fraction of sp³-hybridized carbons (Fsp3) is 0.391. The van der Waals surface area contributed by atoms with Gasteiger partial charge >= 0.3 is 6.18 Å². The number of carbonyl (C=O) groups is 1. The third kappa shape index (κ3) is 6.12. The Labute approximate surface area is 203 Å². The summed E-state index contributed by atoms with van der Waals surface area (Å²) in [5.41, 5.74) is 1.19. The number of thiazole rings is 1. The van der Waals surface area contributed by atoms with Crippen LogP contribution in [0.1, 0.15) is 46.0 Å². The first-order chi connectivity index (χ1) is 16.6. The predicted molar refractivity (Wildman–Crippen MR) is 122 cm³/mol. The Morgan fingerprint density at radius 1 is 1.20 bits per heavy atom. The first-order valence-corrected chi connectivity index (χ1v) is 11.7. The summed E-state index contributed by atoms with van der Waals surface area (Å²) in [6.07, 6.45) is -2.23. The number of ether oxygens (including phenoxy) is 1. The zero-order chi connectivity index (χ0) is 25.2. The molecule has 3 atom stereocenters. The fourth-order valence-electron chi connectivity index (χ4n) is 3.59. The molecule has 1 aliphatic rings. The average molecular weight is 510 g/mol. The lowest BCUT2D eigenvalue weighted by molar-refractivity contribution is -0.145. The Kier molecular flexibility index (Phi) is 7.31. The molecule has 0 spiro atoms. The number of rotatable bonds is 6. The number of alkyl halides is 4. The van der Waals surface area contributed by atoms with Crippen molar-refractivity contribution in [2.45, 2.75) is 44.8 Å². The molecular weight excluding hydrogens is 486 g/mol. The molecule has 3 unspecified atom stereocenters. The maximum atomic E-state index is 14.3. The number of hydrogen-bond donors (Lipinski definition) is 2. The van der Waals surface area contributed by atoms with E-state index in [1.807, 2.05) is 6.92 Å². The normalized spacial score (nSPS) is 19.3. The molecule has 1 aliphatic heterocycles. The number of amides is 1. The molecule has 2 N–H and O–H groups in total. The molecular formula is C23H23F4N5O2S. The van der Waals surface area contributed by atoms with Gasteiger partial charge in [0.15, 0.2) is 0 Å². The van der Waals surface area contributed by atoms with Crippen LogP contribution in [0.2, 0.25) is 0 Å². The molecule has 0 radical (unpaired) electrons. The van der Waals surface area contributed by atoms with Crippen molar-refractivity contribution in [3.8, 4) is 16.3 Å². The minimum Gasteiger partial charge on any atom is -0.487 e. The van der Waals surface area contributed by atoms with Gasteiger partial charge in [0, 0.05) is 46.7 Å². The average Bonchev–Trinajstić information content (AvgIpc) is 3.26. The Balaban J connectivity index is 1.57. The first kappa shape index (κ1) is 25.0. The lowest BCUT2D eigenvalue weighted by atomic mass is 10.1. The Bertz CT molecular complexity index is 1190. The van der Waals surface area contributed by atoms with Gasteiger partial charge in [-0.2, -0.15) is 13.2 Å². The summed E-state index contributed by atoms with van der Waals surface area (Å²) in [6, 6.07) is 4.21. The van der Waals surface area contributed by atoms with Crippen LogP contribution < -0.4 is 15.4 Å². The number of benzene rings is 1. The predicted octanol–water partition coefficient (Wildman–Crippen LogP) is 4.50. The van der Waals surface area contributed by atoms with Crippen molar-refractivity contribution < 1.29 is 27.1 Å². The number of nitrogens with one attached hydrogen (secondary N) is 2. The molecule has 12 heteroatoms. The van der Waals surface area contributed by atoms with Crippen molar-refractivity contribution >= 4 is 17.2 Å². The van der Waals surface area contributed by atoms with Gasteiger partial charge in [0.05, 0.1) is 6.04 Å². The summed E-state index contributed by atoms with van der Waals surface area (Å²) in [6.45, 7) is 4.33. The number of nitrogens with zero attached hydrogens (tertiary/aromatic N) is 3. The van der Waals surface area contributed by atoms with E-state index in [-0.39, 0.29) is 12.1 Å². The second kappa shape index (κ2) is 10.2. The monoisotopic (exact) mass is 509 g/mol. The zero-order valence-corrected chi connectivity index (χ0v) is 19.7. The van der Waals surface area contributed by atoms with E-state index in [1.54, 1.807) is 25.3 Å². The summed E-state index contributed by atoms with van der Waals surface area (Å²) in [5, 5.41) is 6.38. The van der Waals surface area contributed by atoms with E-state index in [2.05, 4.69) is 25.6 Å². The van der Waals surface area contributed by atoms with E-state index in [1.165, 1.54) is 17.4 Å². The molecule has 3 aromatic rings. The van der Waals surface area contributed by atoms with Crippen LogP contribution in [0, 0.1) is 6.92 Å². The maximum absolute atomic E-state index is 14.3. The van der Waals surface area contributed by atoms with Gasteiger partial charge in [-0.3, -0.25) is 4.79 Å². The van der Waals surface area contributed by atoms with Crippen molar-refractivity contribution in [3.63, 3.8) is 0 Å². The van der Waals surface area contributed by atoms with Crippen molar-refractivity contribution in [3.05, 3.63) is 58.6 Å². The van der Waals surface area contributed by atoms with Crippen LogP contribution in [0.3, 0.4) is 0 Å². The van der Waals surface area contributed by atoms with E-state index in [0.717, 1.165) is 17.3 Å². The van der Waals surface area contributed by atoms with Gasteiger partial charge in [-0.05, 0) is 45.0 Å². The quantitative estimate of drug-likeness (QED) is 0.476. The van der Waals surface area contributed by atoms with Gasteiger partial charge in [0.25, 0.3) is 5.91 Å². The second-order valence-electron chi connectivity index (χ2n) is 8.22. The molecule has 2 aromatic heterocycles. The highest BCUT2D eigenvalue weighted by Gasteiger charge is 2.34. The first-order valence-electron chi connectivity index (χ1n) is 10.9. The molecule has 186 valence electrons. The second-order valence-corrected chi connectivity index (χ2v) is 9.45. The molecule has 0 bridgehead atoms. The fourth-order valence-corrected chi connectivity index (χ4v) is 4.34. The molecule has 1 amide bonds. The Morgan fingerprint density at radius 2 is 1.94 bits per heavy atom. The summed E-state index contributed by atoms with van der Waals surface area (Å²) in [5.74, 6) is -1.41. The highest BCUT2D eigenvalue weighted by Crippen LogP contribution is 2.31. The smallest absolute Gasteiger partial charge is 0.451 e. The standard InChI is InChI=1S/C23H23F4N5O2S/c1-12-8-29-21(35-12)15-5-14(6-17(7-15)34-19-3-4-28-11-18(19)24)20(33)32-13(2)16-9-30-22(31-10-16)23(25,26)27/h5-10,13,18-19,28H,3-4,11H2,1-2H3,(H,32,33). The van der Waals surface area contributed by atoms with Crippen LogP contribution in [0.4, 0.5) is 17.6 Å². The van der Waals surface area contributed by atoms with Gasteiger partial charge in [-0.25, -0.2) is 19.3 Å². The van der Waals surface area contributed by atoms with Crippen LogP contribution in [0.5, 0.6) is 5.75 Å². The minimum atomic E-state index is -4.65. The van der Waals surface area contributed by atoms with E-state index in [4.69, 9.17) is 4.74 Å². The largest absolute Gasteiger partial charge is 0.487 e. The summed E-state index contributed by atoms with van der Waals surface area (Å²) < 4.78 is 58.4. The van der Waals surface area contributed by atoms with E-state index >= 15 is 0 Å². The van der Waals surface area contributed by atoms with E-state index in [0.29, 0.717) is 34.8 Å². The zero-order valence-electron chi connectivity index (χ0n) is 18.9. The highest BCUT2D eigenvalue weighted by atomic mass is 32.1. The van der Waals surface area contributed by atoms with Crippen LogP contribution in [0.25, 0.3) is 10.6 Å². The van der Waals surface area contributed by atoms with E-state index in [9.17, 15) is 22.4 Å². The van der Waals surface area contributed by atoms with Crippen molar-refractivity contribution in [2.24, 2.45) is 0 Å². The number of piperidine rings is 1. The van der Waals surface area contributed by atoms with Gasteiger partial charge in [-0.15, -0.1) is 11.3 Å². The molecule has 7 nitrogen and oxygen atoms in total. The molecule has 1 fully saturated rings. The third-order valence-corrected chi connectivity index (χ3v) is 6.41. The SMILES string of the molecule is Cc1cnc(-c2cc(OC3CCNCC3F)cc(C(=O)NC(C)c3cnc(C(F)(F)F)nc3)c2)s1. The molecule has 0 aliphatic carbocycles. The number of aryl methyl sites for hydroxylation is 1. The van der Waals surface area contributed by atoms with Crippen molar-refractivity contribution in [1.82, 2.24) is 25.6 Å². The van der Waals surface area contributed by atoms with E-state index < -0.39 is 36.2 Å². The molecule has 4 rings (SSSR count). The molecule has 0 saturated carbocycles. The maximum Gasteiger partial charge on any atom is 0.451 e. The lowest BCUT2D eigenvalue weighted by Gasteiger charge is -2.27. The van der Waals surface area contributed by atoms with Gasteiger partial charge in [0.1, 0.15) is 23.0 Å². The van der Waals surface area contributed by atoms with Gasteiger partial charge < -0.3 is 15.4 Å².